The number of rotatable bonds is 4. The Bertz CT molecular complexity index is 612. The van der Waals surface area contributed by atoms with Gasteiger partial charge in [-0.05, 0) is 37.9 Å². The fraction of sp³-hybridized carbons (Fsp3) is 0.632. The molecule has 1 aromatic rings. The van der Waals surface area contributed by atoms with Crippen molar-refractivity contribution in [3.8, 4) is 5.75 Å². The molecule has 2 bridgehead atoms. The molecule has 5 nitrogen and oxygen atoms in total. The topological polar surface area (TPSA) is 53.0 Å². The van der Waals surface area contributed by atoms with E-state index < -0.39 is 0 Å². The van der Waals surface area contributed by atoms with E-state index >= 15 is 0 Å². The molecule has 1 N–H and O–H groups in total. The Hall–Kier alpha value is -1.59. The van der Waals surface area contributed by atoms with E-state index in [0.717, 1.165) is 25.4 Å². The van der Waals surface area contributed by atoms with Crippen molar-refractivity contribution in [2.45, 2.75) is 37.3 Å². The summed E-state index contributed by atoms with van der Waals surface area (Å²) >= 11 is 0. The lowest BCUT2D eigenvalue weighted by Gasteiger charge is -2.51. The van der Waals surface area contributed by atoms with Crippen molar-refractivity contribution in [2.75, 3.05) is 33.4 Å². The summed E-state index contributed by atoms with van der Waals surface area (Å²) in [6, 6.07) is 8.89. The third-order valence-corrected chi connectivity index (χ3v) is 6.18. The van der Waals surface area contributed by atoms with Gasteiger partial charge in [-0.1, -0.05) is 18.2 Å². The molecule has 4 fully saturated rings. The molecule has 0 aromatic heterocycles. The minimum absolute atomic E-state index is 0.0690. The number of carbonyl (C=O) groups excluding carboxylic acids is 1. The Labute approximate surface area is 143 Å². The SMILES string of the molecule is COc1ccccc1[C@@H]1CN(C(=O)CCO)[C@H]2C3CCN(CC3)[C@@H]12. The lowest BCUT2D eigenvalue weighted by molar-refractivity contribution is -0.136. The molecule has 0 radical (unpaired) electrons. The number of hydrogen-bond donors (Lipinski definition) is 1. The Balaban J connectivity index is 1.71. The van der Waals surface area contributed by atoms with Gasteiger partial charge in [0.2, 0.25) is 5.91 Å². The largest absolute Gasteiger partial charge is 0.496 e. The molecule has 1 aromatic carbocycles. The van der Waals surface area contributed by atoms with Crippen molar-refractivity contribution >= 4 is 5.91 Å². The number of piperidine rings is 3. The maximum atomic E-state index is 12.6. The van der Waals surface area contributed by atoms with Gasteiger partial charge in [-0.3, -0.25) is 9.69 Å². The van der Waals surface area contributed by atoms with Gasteiger partial charge >= 0.3 is 0 Å². The average molecular weight is 330 g/mol. The second kappa shape index (κ2) is 6.37. The zero-order chi connectivity index (χ0) is 16.7. The molecule has 5 rings (SSSR count). The Kier molecular flexibility index (Phi) is 4.22. The van der Waals surface area contributed by atoms with Crippen LogP contribution in [0.1, 0.15) is 30.7 Å². The van der Waals surface area contributed by atoms with Crippen molar-refractivity contribution in [3.63, 3.8) is 0 Å². The summed E-state index contributed by atoms with van der Waals surface area (Å²) in [5.41, 5.74) is 1.21. The minimum Gasteiger partial charge on any atom is -0.496 e. The van der Waals surface area contributed by atoms with Crippen molar-refractivity contribution in [2.24, 2.45) is 5.92 Å². The highest BCUT2D eigenvalue weighted by Crippen LogP contribution is 2.48. The third kappa shape index (κ3) is 2.42. The van der Waals surface area contributed by atoms with Crippen LogP contribution in [0.2, 0.25) is 0 Å². The monoisotopic (exact) mass is 330 g/mol. The lowest BCUT2D eigenvalue weighted by atomic mass is 9.75. The van der Waals surface area contributed by atoms with Crippen LogP contribution in [0.4, 0.5) is 0 Å². The van der Waals surface area contributed by atoms with E-state index in [1.54, 1.807) is 7.11 Å². The molecule has 0 unspecified atom stereocenters. The van der Waals surface area contributed by atoms with Gasteiger partial charge in [0.1, 0.15) is 5.75 Å². The van der Waals surface area contributed by atoms with Gasteiger partial charge < -0.3 is 14.7 Å². The molecule has 3 atom stereocenters. The molecule has 5 heteroatoms. The van der Waals surface area contributed by atoms with Gasteiger partial charge in [-0.25, -0.2) is 0 Å². The second-order valence-corrected chi connectivity index (χ2v) is 7.22. The number of likely N-dealkylation sites (tertiary alicyclic amines) is 1. The Morgan fingerprint density at radius 1 is 1.25 bits per heavy atom. The number of benzene rings is 1. The summed E-state index contributed by atoms with van der Waals surface area (Å²) in [6.07, 6.45) is 2.60. The van der Waals surface area contributed by atoms with Crippen LogP contribution in [0.25, 0.3) is 0 Å². The number of fused-ring (bicyclic) bond motifs is 2. The van der Waals surface area contributed by atoms with Crippen molar-refractivity contribution in [1.82, 2.24) is 9.80 Å². The summed E-state index contributed by atoms with van der Waals surface area (Å²) in [5, 5.41) is 9.21. The van der Waals surface area contributed by atoms with Gasteiger partial charge in [0, 0.05) is 30.5 Å². The van der Waals surface area contributed by atoms with Crippen LogP contribution in [0.3, 0.4) is 0 Å². The van der Waals surface area contributed by atoms with Crippen LogP contribution < -0.4 is 4.74 Å². The minimum atomic E-state index is -0.0690. The number of nitrogens with zero attached hydrogens (tertiary/aromatic N) is 2. The molecule has 4 saturated heterocycles. The Morgan fingerprint density at radius 2 is 2.00 bits per heavy atom. The van der Waals surface area contributed by atoms with Gasteiger partial charge in [0.15, 0.2) is 0 Å². The van der Waals surface area contributed by atoms with Gasteiger partial charge in [0.25, 0.3) is 0 Å². The smallest absolute Gasteiger partial charge is 0.225 e. The molecule has 4 aliphatic rings. The van der Waals surface area contributed by atoms with Crippen molar-refractivity contribution in [3.05, 3.63) is 29.8 Å². The molecule has 0 saturated carbocycles. The number of para-hydroxylation sites is 1. The number of ether oxygens (including phenoxy) is 1. The normalized spacial score (nSPS) is 34.2. The molecule has 0 spiro atoms. The van der Waals surface area contributed by atoms with E-state index in [0.29, 0.717) is 18.0 Å². The van der Waals surface area contributed by atoms with Crippen LogP contribution >= 0.6 is 0 Å². The Morgan fingerprint density at radius 3 is 2.71 bits per heavy atom. The first-order chi connectivity index (χ1) is 11.7. The van der Waals surface area contributed by atoms with Gasteiger partial charge in [0.05, 0.1) is 19.8 Å². The summed E-state index contributed by atoms with van der Waals surface area (Å²) in [5.74, 6) is 1.90. The average Bonchev–Trinajstić information content (AvgIpc) is 3.05. The zero-order valence-corrected chi connectivity index (χ0v) is 14.2. The van der Waals surface area contributed by atoms with Crippen LogP contribution in [0, 0.1) is 5.92 Å². The first kappa shape index (κ1) is 15.9. The van der Waals surface area contributed by atoms with E-state index in [1.165, 1.54) is 18.4 Å². The number of hydrogen-bond acceptors (Lipinski definition) is 4. The third-order valence-electron chi connectivity index (χ3n) is 6.18. The number of aliphatic hydroxyl groups excluding tert-OH is 1. The van der Waals surface area contributed by atoms with E-state index in [-0.39, 0.29) is 24.9 Å². The molecule has 1 amide bonds. The predicted octanol–water partition coefficient (Wildman–Crippen LogP) is 1.47. The van der Waals surface area contributed by atoms with E-state index in [2.05, 4.69) is 21.9 Å². The summed E-state index contributed by atoms with van der Waals surface area (Å²) in [4.78, 5) is 17.3. The highest BCUT2D eigenvalue weighted by molar-refractivity contribution is 5.77. The molecule has 4 aliphatic heterocycles. The molecular weight excluding hydrogens is 304 g/mol. The number of carbonyl (C=O) groups is 1. The van der Waals surface area contributed by atoms with E-state index in [1.807, 2.05) is 12.1 Å². The zero-order valence-electron chi connectivity index (χ0n) is 14.2. The van der Waals surface area contributed by atoms with Crippen LogP contribution in [-0.2, 0) is 4.79 Å². The summed E-state index contributed by atoms with van der Waals surface area (Å²) in [6.45, 7) is 2.95. The number of methoxy groups -OCH3 is 1. The molecular formula is C19H26N2O3. The fourth-order valence-electron chi connectivity index (χ4n) is 5.19. The maximum absolute atomic E-state index is 12.6. The van der Waals surface area contributed by atoms with Gasteiger partial charge in [-0.2, -0.15) is 0 Å². The molecule has 24 heavy (non-hydrogen) atoms. The van der Waals surface area contributed by atoms with E-state index in [4.69, 9.17) is 4.74 Å². The highest BCUT2D eigenvalue weighted by Gasteiger charge is 2.54. The maximum Gasteiger partial charge on any atom is 0.225 e. The number of aliphatic hydroxyl groups is 1. The lowest BCUT2D eigenvalue weighted by Crippen LogP contribution is -2.60. The quantitative estimate of drug-likeness (QED) is 0.908. The molecule has 130 valence electrons. The van der Waals surface area contributed by atoms with Gasteiger partial charge in [-0.15, -0.1) is 0 Å². The first-order valence-electron chi connectivity index (χ1n) is 9.02. The van der Waals surface area contributed by atoms with Crippen LogP contribution in [0.5, 0.6) is 5.75 Å². The summed E-state index contributed by atoms with van der Waals surface area (Å²) < 4.78 is 5.60. The van der Waals surface area contributed by atoms with Crippen LogP contribution in [0.15, 0.2) is 24.3 Å². The fourth-order valence-corrected chi connectivity index (χ4v) is 5.19. The first-order valence-corrected chi connectivity index (χ1v) is 9.02. The number of amides is 1. The second-order valence-electron chi connectivity index (χ2n) is 7.22. The summed E-state index contributed by atoms with van der Waals surface area (Å²) in [7, 11) is 1.72. The predicted molar refractivity (Wildman–Crippen MR) is 91.0 cm³/mol. The molecule has 4 heterocycles. The van der Waals surface area contributed by atoms with Crippen molar-refractivity contribution in [1.29, 1.82) is 0 Å². The highest BCUT2D eigenvalue weighted by atomic mass is 16.5. The van der Waals surface area contributed by atoms with Crippen molar-refractivity contribution < 1.29 is 14.6 Å². The standard InChI is InChI=1S/C19H26N2O3/c1-24-16-5-3-2-4-14(16)15-12-21(17(23)8-11-22)18-13-6-9-20(10-7-13)19(15)18/h2-5,13,15,18-19,22H,6-12H2,1H3/t15-,18-,19-/m0/s1. The van der Waals surface area contributed by atoms with E-state index in [9.17, 15) is 9.90 Å². The van der Waals surface area contributed by atoms with Crippen LogP contribution in [-0.4, -0.2) is 66.2 Å². The molecule has 0 aliphatic carbocycles.